The van der Waals surface area contributed by atoms with Gasteiger partial charge in [-0.2, -0.15) is 5.10 Å². The van der Waals surface area contributed by atoms with Gasteiger partial charge in [-0.3, -0.25) is 14.7 Å². The summed E-state index contributed by atoms with van der Waals surface area (Å²) in [7, 11) is 0. The minimum Gasteiger partial charge on any atom is -0.366 e. The van der Waals surface area contributed by atoms with Crippen molar-refractivity contribution in [2.75, 3.05) is 19.7 Å². The van der Waals surface area contributed by atoms with Crippen molar-refractivity contribution in [3.8, 4) is 0 Å². The fourth-order valence-electron chi connectivity index (χ4n) is 3.60. The number of ether oxygens (including phenoxy) is 1. The maximum absolute atomic E-state index is 13.0. The molecule has 8 heteroatoms. The van der Waals surface area contributed by atoms with E-state index in [0.29, 0.717) is 25.5 Å². The van der Waals surface area contributed by atoms with Gasteiger partial charge >= 0.3 is 0 Å². The number of morpholine rings is 1. The van der Waals surface area contributed by atoms with Crippen LogP contribution >= 0.6 is 0 Å². The van der Waals surface area contributed by atoms with E-state index in [1.165, 1.54) is 6.92 Å². The van der Waals surface area contributed by atoms with Crippen molar-refractivity contribution in [2.45, 2.75) is 51.7 Å². The first-order chi connectivity index (χ1) is 11.5. The maximum Gasteiger partial charge on any atom is 0.245 e. The van der Waals surface area contributed by atoms with Crippen LogP contribution in [0.15, 0.2) is 0 Å². The second kappa shape index (κ2) is 7.29. The van der Waals surface area contributed by atoms with Gasteiger partial charge in [0.05, 0.1) is 13.2 Å². The minimum atomic E-state index is -0.433. The van der Waals surface area contributed by atoms with Crippen molar-refractivity contribution >= 4 is 11.8 Å². The molecule has 2 fully saturated rings. The number of hydrogen-bond donors (Lipinski definition) is 2. The van der Waals surface area contributed by atoms with Crippen LogP contribution in [0, 0.1) is 12.8 Å². The SMILES string of the molecule is CC(=O)N[C@H](C(=O)N1CCO[C@@H](c2n[nH]c(C)n2)C1)C1CCCC1. The van der Waals surface area contributed by atoms with E-state index in [4.69, 9.17) is 4.74 Å². The van der Waals surface area contributed by atoms with Crippen LogP contribution in [-0.4, -0.2) is 57.6 Å². The third kappa shape index (κ3) is 3.75. The van der Waals surface area contributed by atoms with Gasteiger partial charge in [-0.25, -0.2) is 4.98 Å². The normalized spacial score (nSPS) is 23.2. The molecule has 2 aliphatic rings. The van der Waals surface area contributed by atoms with Crippen LogP contribution < -0.4 is 5.32 Å². The van der Waals surface area contributed by atoms with E-state index >= 15 is 0 Å². The zero-order valence-corrected chi connectivity index (χ0v) is 14.2. The fraction of sp³-hybridized carbons (Fsp3) is 0.750. The quantitative estimate of drug-likeness (QED) is 0.844. The van der Waals surface area contributed by atoms with Gasteiger partial charge in [0.15, 0.2) is 5.82 Å². The molecule has 2 heterocycles. The molecule has 1 saturated heterocycles. The molecule has 1 aromatic heterocycles. The Labute approximate surface area is 141 Å². The number of carbonyl (C=O) groups excluding carboxylic acids is 2. The monoisotopic (exact) mass is 335 g/mol. The molecule has 1 aliphatic heterocycles. The molecule has 0 radical (unpaired) electrons. The van der Waals surface area contributed by atoms with Gasteiger partial charge < -0.3 is 15.0 Å². The van der Waals surface area contributed by atoms with Crippen LogP contribution in [0.2, 0.25) is 0 Å². The van der Waals surface area contributed by atoms with Crippen molar-refractivity contribution in [2.24, 2.45) is 5.92 Å². The smallest absolute Gasteiger partial charge is 0.245 e. The predicted octanol–water partition coefficient (Wildman–Crippen LogP) is 0.708. The second-order valence-electron chi connectivity index (χ2n) is 6.65. The summed E-state index contributed by atoms with van der Waals surface area (Å²) in [5.41, 5.74) is 0. The Hall–Kier alpha value is -1.96. The molecule has 0 spiro atoms. The highest BCUT2D eigenvalue weighted by atomic mass is 16.5. The second-order valence-corrected chi connectivity index (χ2v) is 6.65. The van der Waals surface area contributed by atoms with Crippen molar-refractivity contribution < 1.29 is 14.3 Å². The van der Waals surface area contributed by atoms with E-state index in [2.05, 4.69) is 20.5 Å². The Bertz CT molecular complexity index is 596. The van der Waals surface area contributed by atoms with E-state index in [0.717, 1.165) is 31.5 Å². The number of aryl methyl sites for hydroxylation is 1. The number of hydrogen-bond acceptors (Lipinski definition) is 5. The lowest BCUT2D eigenvalue weighted by Gasteiger charge is -2.35. The average molecular weight is 335 g/mol. The third-order valence-corrected chi connectivity index (χ3v) is 4.78. The first-order valence-corrected chi connectivity index (χ1v) is 8.61. The van der Waals surface area contributed by atoms with E-state index < -0.39 is 6.04 Å². The number of nitrogens with zero attached hydrogens (tertiary/aromatic N) is 3. The number of carbonyl (C=O) groups is 2. The topological polar surface area (TPSA) is 100 Å². The summed E-state index contributed by atoms with van der Waals surface area (Å²) < 4.78 is 5.72. The molecule has 1 saturated carbocycles. The number of amides is 2. The highest BCUT2D eigenvalue weighted by Gasteiger charge is 2.36. The van der Waals surface area contributed by atoms with E-state index in [1.807, 2.05) is 6.92 Å². The molecule has 132 valence electrons. The molecular weight excluding hydrogens is 310 g/mol. The van der Waals surface area contributed by atoms with Crippen molar-refractivity contribution in [3.63, 3.8) is 0 Å². The van der Waals surface area contributed by atoms with E-state index in [9.17, 15) is 9.59 Å². The van der Waals surface area contributed by atoms with Gasteiger partial charge in [-0.1, -0.05) is 12.8 Å². The van der Waals surface area contributed by atoms with Crippen LogP contribution in [0.5, 0.6) is 0 Å². The average Bonchev–Trinajstić information content (AvgIpc) is 3.23. The lowest BCUT2D eigenvalue weighted by atomic mass is 9.96. The van der Waals surface area contributed by atoms with Crippen LogP contribution in [0.25, 0.3) is 0 Å². The molecule has 2 atom stereocenters. The van der Waals surface area contributed by atoms with Gasteiger partial charge in [0.25, 0.3) is 0 Å². The Morgan fingerprint density at radius 3 is 2.75 bits per heavy atom. The molecule has 2 amide bonds. The molecule has 3 rings (SSSR count). The van der Waals surface area contributed by atoms with Crippen molar-refractivity contribution in [3.05, 3.63) is 11.6 Å². The fourth-order valence-corrected chi connectivity index (χ4v) is 3.60. The number of aromatic amines is 1. The number of nitrogens with one attached hydrogen (secondary N) is 2. The highest BCUT2D eigenvalue weighted by molar-refractivity contribution is 5.87. The minimum absolute atomic E-state index is 0.0161. The predicted molar refractivity (Wildman–Crippen MR) is 86.0 cm³/mol. The zero-order valence-electron chi connectivity index (χ0n) is 14.2. The lowest BCUT2D eigenvalue weighted by molar-refractivity contribution is -0.144. The van der Waals surface area contributed by atoms with Gasteiger partial charge in [0, 0.05) is 13.5 Å². The Morgan fingerprint density at radius 2 is 2.12 bits per heavy atom. The largest absolute Gasteiger partial charge is 0.366 e. The molecule has 8 nitrogen and oxygen atoms in total. The summed E-state index contributed by atoms with van der Waals surface area (Å²) in [6.45, 7) is 4.69. The summed E-state index contributed by atoms with van der Waals surface area (Å²) in [6, 6.07) is -0.433. The molecule has 1 aliphatic carbocycles. The molecule has 0 aromatic carbocycles. The molecule has 0 bridgehead atoms. The molecule has 24 heavy (non-hydrogen) atoms. The highest BCUT2D eigenvalue weighted by Crippen LogP contribution is 2.29. The Kier molecular flexibility index (Phi) is 5.13. The Morgan fingerprint density at radius 1 is 1.38 bits per heavy atom. The van der Waals surface area contributed by atoms with Crippen LogP contribution in [-0.2, 0) is 14.3 Å². The van der Waals surface area contributed by atoms with Gasteiger partial charge in [0.2, 0.25) is 11.8 Å². The molecule has 0 unspecified atom stereocenters. The summed E-state index contributed by atoms with van der Waals surface area (Å²) in [5.74, 6) is 1.35. The molecule has 2 N–H and O–H groups in total. The number of aromatic nitrogens is 3. The summed E-state index contributed by atoms with van der Waals surface area (Å²) in [5, 5.41) is 9.81. The standard InChI is InChI=1S/C16H25N5O3/c1-10-17-15(20-19-10)13-9-21(7-8-24-13)16(23)14(18-11(2)22)12-5-3-4-6-12/h12-14H,3-9H2,1-2H3,(H,18,22)(H,17,19,20)/t13-,14+/m1/s1. The number of H-pyrrole nitrogens is 1. The Balaban J connectivity index is 1.70. The van der Waals surface area contributed by atoms with Gasteiger partial charge in [-0.15, -0.1) is 0 Å². The summed E-state index contributed by atoms with van der Waals surface area (Å²) in [6.07, 6.45) is 3.90. The van der Waals surface area contributed by atoms with Crippen molar-refractivity contribution in [1.29, 1.82) is 0 Å². The van der Waals surface area contributed by atoms with Gasteiger partial charge in [0.1, 0.15) is 18.0 Å². The van der Waals surface area contributed by atoms with Gasteiger partial charge in [-0.05, 0) is 25.7 Å². The molecule has 1 aromatic rings. The summed E-state index contributed by atoms with van der Waals surface area (Å²) in [4.78, 5) is 30.6. The molecular formula is C16H25N5O3. The van der Waals surface area contributed by atoms with Crippen LogP contribution in [0.4, 0.5) is 0 Å². The van der Waals surface area contributed by atoms with E-state index in [-0.39, 0.29) is 23.8 Å². The van der Waals surface area contributed by atoms with Crippen LogP contribution in [0.3, 0.4) is 0 Å². The lowest BCUT2D eigenvalue weighted by Crippen LogP contribution is -2.54. The first-order valence-electron chi connectivity index (χ1n) is 8.61. The zero-order chi connectivity index (χ0) is 17.1. The van der Waals surface area contributed by atoms with E-state index in [1.54, 1.807) is 4.90 Å². The third-order valence-electron chi connectivity index (χ3n) is 4.78. The maximum atomic E-state index is 13.0. The first kappa shape index (κ1) is 16.9. The van der Waals surface area contributed by atoms with Crippen LogP contribution in [0.1, 0.15) is 50.4 Å². The summed E-state index contributed by atoms with van der Waals surface area (Å²) >= 11 is 0. The van der Waals surface area contributed by atoms with Crippen molar-refractivity contribution in [1.82, 2.24) is 25.4 Å². The number of rotatable bonds is 4.